The van der Waals surface area contributed by atoms with Crippen LogP contribution in [0, 0.1) is 0 Å². The first-order chi connectivity index (χ1) is 9.63. The first-order valence-corrected chi connectivity index (χ1v) is 6.48. The normalized spacial score (nSPS) is 11.5. The van der Waals surface area contributed by atoms with Crippen LogP contribution < -0.4 is 16.0 Å². The molecule has 0 aliphatic rings. The fourth-order valence-corrected chi connectivity index (χ4v) is 1.53. The van der Waals surface area contributed by atoms with Gasteiger partial charge in [0.15, 0.2) is 0 Å². The van der Waals surface area contributed by atoms with Crippen LogP contribution in [0.25, 0.3) is 0 Å². The lowest BCUT2D eigenvalue weighted by Gasteiger charge is -2.14. The van der Waals surface area contributed by atoms with Crippen LogP contribution in [0.2, 0.25) is 0 Å². The first-order valence-electron chi connectivity index (χ1n) is 6.48. The van der Waals surface area contributed by atoms with Gasteiger partial charge in [-0.05, 0) is 19.1 Å². The summed E-state index contributed by atoms with van der Waals surface area (Å²) in [6.45, 7) is 2.64. The summed E-state index contributed by atoms with van der Waals surface area (Å²) in [5, 5.41) is 8.26. The number of rotatable bonds is 8. The van der Waals surface area contributed by atoms with Crippen LogP contribution >= 0.6 is 0 Å². The Morgan fingerprint density at radius 2 is 1.95 bits per heavy atom. The molecular weight excluding hydrogens is 258 g/mol. The Kier molecular flexibility index (Phi) is 7.13. The molecule has 0 saturated carbocycles. The molecule has 3 N–H and O–H groups in total. The number of para-hydroxylation sites is 1. The standard InChI is InChI=1S/C14H21N3O3/c1-11(14(19)15-8-9-20-2)17-13(18)10-16-12-6-4-3-5-7-12/h3-7,11,16H,8-10H2,1-2H3,(H,15,19)(H,17,18). The molecule has 1 aromatic rings. The van der Waals surface area contributed by atoms with Gasteiger partial charge in [0.1, 0.15) is 6.04 Å². The molecule has 1 unspecified atom stereocenters. The van der Waals surface area contributed by atoms with Crippen molar-refractivity contribution >= 4 is 17.5 Å². The predicted octanol–water partition coefficient (Wildman–Crippen LogP) is 0.366. The second-order valence-corrected chi connectivity index (χ2v) is 4.29. The Labute approximate surface area is 118 Å². The molecule has 0 aromatic heterocycles. The SMILES string of the molecule is COCCNC(=O)C(C)NC(=O)CNc1ccccc1. The van der Waals surface area contributed by atoms with Crippen molar-refractivity contribution < 1.29 is 14.3 Å². The highest BCUT2D eigenvalue weighted by Crippen LogP contribution is 2.03. The van der Waals surface area contributed by atoms with Gasteiger partial charge in [-0.25, -0.2) is 0 Å². The number of ether oxygens (including phenoxy) is 1. The molecular formula is C14H21N3O3. The van der Waals surface area contributed by atoms with Gasteiger partial charge in [0, 0.05) is 19.3 Å². The van der Waals surface area contributed by atoms with E-state index in [1.807, 2.05) is 30.3 Å². The Morgan fingerprint density at radius 1 is 1.25 bits per heavy atom. The Bertz CT molecular complexity index is 423. The number of methoxy groups -OCH3 is 1. The van der Waals surface area contributed by atoms with Crippen molar-refractivity contribution in [1.29, 1.82) is 0 Å². The van der Waals surface area contributed by atoms with E-state index in [0.29, 0.717) is 13.2 Å². The predicted molar refractivity (Wildman–Crippen MR) is 77.4 cm³/mol. The van der Waals surface area contributed by atoms with E-state index in [1.165, 1.54) is 0 Å². The number of nitrogens with one attached hydrogen (secondary N) is 3. The third-order valence-electron chi connectivity index (χ3n) is 2.60. The molecule has 2 amide bonds. The minimum Gasteiger partial charge on any atom is -0.383 e. The van der Waals surface area contributed by atoms with Crippen molar-refractivity contribution in [1.82, 2.24) is 10.6 Å². The van der Waals surface area contributed by atoms with Crippen molar-refractivity contribution in [3.63, 3.8) is 0 Å². The van der Waals surface area contributed by atoms with Crippen LogP contribution in [-0.2, 0) is 14.3 Å². The van der Waals surface area contributed by atoms with Gasteiger partial charge in [0.2, 0.25) is 11.8 Å². The van der Waals surface area contributed by atoms with Crippen molar-refractivity contribution in [2.45, 2.75) is 13.0 Å². The highest BCUT2D eigenvalue weighted by Gasteiger charge is 2.14. The van der Waals surface area contributed by atoms with Gasteiger partial charge < -0.3 is 20.7 Å². The smallest absolute Gasteiger partial charge is 0.242 e. The molecule has 20 heavy (non-hydrogen) atoms. The van der Waals surface area contributed by atoms with E-state index in [2.05, 4.69) is 16.0 Å². The van der Waals surface area contributed by atoms with E-state index < -0.39 is 6.04 Å². The lowest BCUT2D eigenvalue weighted by Crippen LogP contribution is -2.47. The van der Waals surface area contributed by atoms with Gasteiger partial charge in [-0.15, -0.1) is 0 Å². The van der Waals surface area contributed by atoms with E-state index in [9.17, 15) is 9.59 Å². The van der Waals surface area contributed by atoms with Gasteiger partial charge in [0.25, 0.3) is 0 Å². The zero-order chi connectivity index (χ0) is 14.8. The summed E-state index contributed by atoms with van der Waals surface area (Å²) in [6, 6.07) is 8.83. The number of carbonyl (C=O) groups excluding carboxylic acids is 2. The van der Waals surface area contributed by atoms with Gasteiger partial charge in [-0.1, -0.05) is 18.2 Å². The van der Waals surface area contributed by atoms with E-state index in [4.69, 9.17) is 4.74 Å². The van der Waals surface area contributed by atoms with Crippen molar-refractivity contribution in [2.75, 3.05) is 32.1 Å². The third-order valence-corrected chi connectivity index (χ3v) is 2.60. The third kappa shape index (κ3) is 6.19. The Hall–Kier alpha value is -2.08. The second-order valence-electron chi connectivity index (χ2n) is 4.29. The van der Waals surface area contributed by atoms with Crippen LogP contribution in [0.1, 0.15) is 6.92 Å². The fourth-order valence-electron chi connectivity index (χ4n) is 1.53. The average Bonchev–Trinajstić information content (AvgIpc) is 2.46. The van der Waals surface area contributed by atoms with Gasteiger partial charge in [-0.3, -0.25) is 9.59 Å². The maximum atomic E-state index is 11.7. The quantitative estimate of drug-likeness (QED) is 0.601. The van der Waals surface area contributed by atoms with E-state index >= 15 is 0 Å². The first kappa shape index (κ1) is 16.0. The van der Waals surface area contributed by atoms with Crippen molar-refractivity contribution in [2.24, 2.45) is 0 Å². The maximum absolute atomic E-state index is 11.7. The summed E-state index contributed by atoms with van der Waals surface area (Å²) in [5.41, 5.74) is 0.861. The fraction of sp³-hybridized carbons (Fsp3) is 0.429. The second kappa shape index (κ2) is 8.92. The Balaban J connectivity index is 2.25. The molecule has 0 heterocycles. The summed E-state index contributed by atoms with van der Waals surface area (Å²) in [5.74, 6) is -0.460. The highest BCUT2D eigenvalue weighted by atomic mass is 16.5. The van der Waals surface area contributed by atoms with Crippen LogP contribution in [-0.4, -0.2) is 44.7 Å². The number of carbonyl (C=O) groups is 2. The van der Waals surface area contributed by atoms with E-state index in [-0.39, 0.29) is 18.4 Å². The van der Waals surface area contributed by atoms with Crippen molar-refractivity contribution in [3.8, 4) is 0 Å². The number of benzene rings is 1. The molecule has 0 aliphatic carbocycles. The molecule has 1 aromatic carbocycles. The molecule has 1 rings (SSSR count). The molecule has 6 heteroatoms. The molecule has 1 atom stereocenters. The number of hydrogen-bond acceptors (Lipinski definition) is 4. The molecule has 110 valence electrons. The summed E-state index contributed by atoms with van der Waals surface area (Å²) >= 11 is 0. The van der Waals surface area contributed by atoms with Gasteiger partial charge in [-0.2, -0.15) is 0 Å². The number of amides is 2. The lowest BCUT2D eigenvalue weighted by atomic mass is 10.3. The highest BCUT2D eigenvalue weighted by molar-refractivity contribution is 5.88. The van der Waals surface area contributed by atoms with Crippen LogP contribution in [0.4, 0.5) is 5.69 Å². The topological polar surface area (TPSA) is 79.5 Å². The van der Waals surface area contributed by atoms with Crippen molar-refractivity contribution in [3.05, 3.63) is 30.3 Å². The van der Waals surface area contributed by atoms with Gasteiger partial charge in [0.05, 0.1) is 13.2 Å². The average molecular weight is 279 g/mol. The summed E-state index contributed by atoms with van der Waals surface area (Å²) in [4.78, 5) is 23.3. The monoisotopic (exact) mass is 279 g/mol. The van der Waals surface area contributed by atoms with E-state index in [0.717, 1.165) is 5.69 Å². The minimum atomic E-state index is -0.572. The maximum Gasteiger partial charge on any atom is 0.242 e. The van der Waals surface area contributed by atoms with Crippen LogP contribution in [0.15, 0.2) is 30.3 Å². The summed E-state index contributed by atoms with van der Waals surface area (Å²) in [7, 11) is 1.56. The molecule has 6 nitrogen and oxygen atoms in total. The van der Waals surface area contributed by atoms with Crippen LogP contribution in [0.3, 0.4) is 0 Å². The molecule has 0 bridgehead atoms. The molecule has 0 aliphatic heterocycles. The van der Waals surface area contributed by atoms with E-state index in [1.54, 1.807) is 14.0 Å². The largest absolute Gasteiger partial charge is 0.383 e. The molecule has 0 spiro atoms. The minimum absolute atomic E-state index is 0.125. The summed E-state index contributed by atoms with van der Waals surface area (Å²) in [6.07, 6.45) is 0. The summed E-state index contributed by atoms with van der Waals surface area (Å²) < 4.78 is 4.83. The Morgan fingerprint density at radius 3 is 2.60 bits per heavy atom. The van der Waals surface area contributed by atoms with Crippen LogP contribution in [0.5, 0.6) is 0 Å². The lowest BCUT2D eigenvalue weighted by molar-refractivity contribution is -0.127. The number of hydrogen-bond donors (Lipinski definition) is 3. The zero-order valence-corrected chi connectivity index (χ0v) is 11.8. The molecule has 0 fully saturated rings. The van der Waals surface area contributed by atoms with Gasteiger partial charge >= 0.3 is 0 Å². The number of anilines is 1. The zero-order valence-electron chi connectivity index (χ0n) is 11.8. The molecule has 0 radical (unpaired) electrons. The molecule has 0 saturated heterocycles.